The first-order valence-corrected chi connectivity index (χ1v) is 2.05. The lowest BCUT2D eigenvalue weighted by molar-refractivity contribution is 0.247. The average Bonchev–Trinajstić information content (AvgIpc) is 1.65. The van der Waals surface area contributed by atoms with Gasteiger partial charge in [-0.15, -0.1) is 0 Å². The lowest BCUT2D eigenvalue weighted by atomic mass is 10.3. The van der Waals surface area contributed by atoms with Gasteiger partial charge in [0.15, 0.2) is 0 Å². The molecule has 0 radical (unpaired) electrons. The molecule has 3 nitrogen and oxygen atoms in total. The van der Waals surface area contributed by atoms with Gasteiger partial charge in [0.2, 0.25) is 0 Å². The summed E-state index contributed by atoms with van der Waals surface area (Å²) in [6.07, 6.45) is -0.634. The molecule has 0 fully saturated rings. The van der Waals surface area contributed by atoms with Crippen LogP contribution in [0.25, 0.3) is 0 Å². The molecule has 2 N–H and O–H groups in total. The summed E-state index contributed by atoms with van der Waals surface area (Å²) in [5.41, 5.74) is 0.333. The standard InChI is InChI=1S/C4H9NO2/c1-3(5-7)4(2)6/h4,6-7H,1-2H3/b5-3+. The first-order valence-electron chi connectivity index (χ1n) is 2.05. The highest BCUT2D eigenvalue weighted by molar-refractivity contribution is 5.85. The van der Waals surface area contributed by atoms with Crippen molar-refractivity contribution in [2.24, 2.45) is 5.16 Å². The predicted molar refractivity (Wildman–Crippen MR) is 26.6 cm³/mol. The van der Waals surface area contributed by atoms with Crippen LogP contribution in [0.15, 0.2) is 5.16 Å². The lowest BCUT2D eigenvalue weighted by Gasteiger charge is -1.96. The van der Waals surface area contributed by atoms with Crippen molar-refractivity contribution in [1.82, 2.24) is 0 Å². The predicted octanol–water partition coefficient (Wildman–Crippen LogP) is 0.217. The first-order chi connectivity index (χ1) is 3.18. The fourth-order valence-electron chi connectivity index (χ4n) is 0.0836. The van der Waals surface area contributed by atoms with Gasteiger partial charge in [0.25, 0.3) is 0 Å². The molecule has 0 aliphatic rings. The number of rotatable bonds is 1. The molecule has 0 saturated heterocycles. The number of hydrogen-bond donors (Lipinski definition) is 2. The van der Waals surface area contributed by atoms with Crippen LogP contribution in [0.3, 0.4) is 0 Å². The molecule has 42 valence electrons. The summed E-state index contributed by atoms with van der Waals surface area (Å²) in [4.78, 5) is 0. The van der Waals surface area contributed by atoms with Gasteiger partial charge in [-0.1, -0.05) is 5.16 Å². The molecular weight excluding hydrogens is 94.0 g/mol. The Morgan fingerprint density at radius 2 is 2.14 bits per heavy atom. The van der Waals surface area contributed by atoms with Crippen LogP contribution in [-0.2, 0) is 0 Å². The fourth-order valence-corrected chi connectivity index (χ4v) is 0.0836. The van der Waals surface area contributed by atoms with Crippen LogP contribution < -0.4 is 0 Å². The fraction of sp³-hybridized carbons (Fsp3) is 0.750. The zero-order valence-electron chi connectivity index (χ0n) is 4.42. The lowest BCUT2D eigenvalue weighted by Crippen LogP contribution is -2.11. The van der Waals surface area contributed by atoms with E-state index in [1.165, 1.54) is 6.92 Å². The monoisotopic (exact) mass is 103 g/mol. The van der Waals surface area contributed by atoms with E-state index in [-0.39, 0.29) is 0 Å². The number of aliphatic hydroxyl groups is 1. The Hall–Kier alpha value is -0.570. The maximum Gasteiger partial charge on any atom is 0.0923 e. The molecule has 0 spiro atoms. The van der Waals surface area contributed by atoms with Gasteiger partial charge in [-0.2, -0.15) is 0 Å². The van der Waals surface area contributed by atoms with E-state index in [0.717, 1.165) is 0 Å². The van der Waals surface area contributed by atoms with Crippen LogP contribution in [0.2, 0.25) is 0 Å². The second-order valence-electron chi connectivity index (χ2n) is 1.42. The van der Waals surface area contributed by atoms with Gasteiger partial charge < -0.3 is 10.3 Å². The van der Waals surface area contributed by atoms with Gasteiger partial charge in [0, 0.05) is 0 Å². The second-order valence-corrected chi connectivity index (χ2v) is 1.42. The highest BCUT2D eigenvalue weighted by Gasteiger charge is 1.96. The molecule has 0 aromatic rings. The molecule has 0 heterocycles. The molecule has 1 unspecified atom stereocenters. The van der Waals surface area contributed by atoms with Crippen molar-refractivity contribution in [3.63, 3.8) is 0 Å². The van der Waals surface area contributed by atoms with Crippen LogP contribution in [0.5, 0.6) is 0 Å². The minimum Gasteiger partial charge on any atom is -0.411 e. The summed E-state index contributed by atoms with van der Waals surface area (Å²) >= 11 is 0. The molecule has 0 aliphatic heterocycles. The highest BCUT2D eigenvalue weighted by Crippen LogP contribution is 1.82. The summed E-state index contributed by atoms with van der Waals surface area (Å²) < 4.78 is 0. The van der Waals surface area contributed by atoms with Crippen LogP contribution in [-0.4, -0.2) is 22.1 Å². The molecule has 0 rings (SSSR count). The minimum atomic E-state index is -0.634. The van der Waals surface area contributed by atoms with Crippen LogP contribution >= 0.6 is 0 Å². The van der Waals surface area contributed by atoms with Crippen LogP contribution in [0, 0.1) is 0 Å². The molecule has 0 aliphatic carbocycles. The third kappa shape index (κ3) is 2.17. The molecule has 0 amide bonds. The van der Waals surface area contributed by atoms with Crippen molar-refractivity contribution < 1.29 is 10.3 Å². The topological polar surface area (TPSA) is 52.8 Å². The highest BCUT2D eigenvalue weighted by atomic mass is 16.4. The minimum absolute atomic E-state index is 0.333. The Balaban J connectivity index is 3.56. The number of aliphatic hydroxyl groups excluding tert-OH is 1. The largest absolute Gasteiger partial charge is 0.411 e. The first kappa shape index (κ1) is 6.43. The van der Waals surface area contributed by atoms with Crippen LogP contribution in [0.1, 0.15) is 13.8 Å². The Bertz CT molecular complexity index is 77.8. The smallest absolute Gasteiger partial charge is 0.0923 e. The molecule has 3 heteroatoms. The third-order valence-corrected chi connectivity index (χ3v) is 0.762. The Morgan fingerprint density at radius 3 is 2.14 bits per heavy atom. The van der Waals surface area contributed by atoms with Crippen molar-refractivity contribution in [3.05, 3.63) is 0 Å². The van der Waals surface area contributed by atoms with E-state index in [1.54, 1.807) is 6.92 Å². The molecule has 0 aromatic heterocycles. The van der Waals surface area contributed by atoms with Crippen molar-refractivity contribution in [2.45, 2.75) is 20.0 Å². The summed E-state index contributed by atoms with van der Waals surface area (Å²) in [6, 6.07) is 0. The summed E-state index contributed by atoms with van der Waals surface area (Å²) in [6.45, 7) is 3.08. The van der Waals surface area contributed by atoms with Gasteiger partial charge in [-0.3, -0.25) is 0 Å². The van der Waals surface area contributed by atoms with Gasteiger partial charge in [-0.05, 0) is 13.8 Å². The SMILES string of the molecule is C/C(=N\O)C(C)O. The van der Waals surface area contributed by atoms with E-state index in [9.17, 15) is 0 Å². The van der Waals surface area contributed by atoms with Crippen LogP contribution in [0.4, 0.5) is 0 Å². The Labute approximate surface area is 42.3 Å². The summed E-state index contributed by atoms with van der Waals surface area (Å²) in [5, 5.41) is 19.2. The summed E-state index contributed by atoms with van der Waals surface area (Å²) in [7, 11) is 0. The van der Waals surface area contributed by atoms with E-state index in [2.05, 4.69) is 5.16 Å². The van der Waals surface area contributed by atoms with Gasteiger partial charge in [-0.25, -0.2) is 0 Å². The number of oxime groups is 1. The van der Waals surface area contributed by atoms with Gasteiger partial charge in [0.1, 0.15) is 0 Å². The normalized spacial score (nSPS) is 16.7. The molecule has 0 aromatic carbocycles. The number of hydrogen-bond acceptors (Lipinski definition) is 3. The maximum absolute atomic E-state index is 8.53. The van der Waals surface area contributed by atoms with Crippen molar-refractivity contribution >= 4 is 5.71 Å². The third-order valence-electron chi connectivity index (χ3n) is 0.762. The van der Waals surface area contributed by atoms with Crippen molar-refractivity contribution in [2.75, 3.05) is 0 Å². The average molecular weight is 103 g/mol. The second kappa shape index (κ2) is 2.58. The summed E-state index contributed by atoms with van der Waals surface area (Å²) in [5.74, 6) is 0. The Kier molecular flexibility index (Phi) is 2.37. The molecule has 0 bridgehead atoms. The molecular formula is C4H9NO2. The zero-order valence-corrected chi connectivity index (χ0v) is 4.42. The van der Waals surface area contributed by atoms with E-state index >= 15 is 0 Å². The molecule has 7 heavy (non-hydrogen) atoms. The van der Waals surface area contributed by atoms with Gasteiger partial charge >= 0.3 is 0 Å². The van der Waals surface area contributed by atoms with E-state index in [4.69, 9.17) is 10.3 Å². The Morgan fingerprint density at radius 1 is 1.71 bits per heavy atom. The maximum atomic E-state index is 8.53. The van der Waals surface area contributed by atoms with Gasteiger partial charge in [0.05, 0.1) is 11.8 Å². The number of nitrogens with zero attached hydrogens (tertiary/aromatic N) is 1. The quantitative estimate of drug-likeness (QED) is 0.283. The molecule has 0 saturated carbocycles. The van der Waals surface area contributed by atoms with E-state index < -0.39 is 6.10 Å². The van der Waals surface area contributed by atoms with E-state index in [0.29, 0.717) is 5.71 Å². The van der Waals surface area contributed by atoms with Crippen molar-refractivity contribution in [3.8, 4) is 0 Å². The molecule has 1 atom stereocenters. The van der Waals surface area contributed by atoms with E-state index in [1.807, 2.05) is 0 Å². The van der Waals surface area contributed by atoms with Crippen molar-refractivity contribution in [1.29, 1.82) is 0 Å². The zero-order chi connectivity index (χ0) is 5.86.